The van der Waals surface area contributed by atoms with Crippen LogP contribution in [0.5, 0.6) is 0 Å². The smallest absolute Gasteiger partial charge is 0.329 e. The molecule has 0 saturated carbocycles. The molecule has 1 aliphatic heterocycles. The molecule has 0 N–H and O–H groups in total. The number of esters is 1. The van der Waals surface area contributed by atoms with Crippen LogP contribution < -0.4 is 0 Å². The molecular weight excluding hydrogens is 410 g/mol. The minimum Gasteiger partial charge on any atom is -0.472 e. The molecule has 1 aromatic heterocycles. The average Bonchev–Trinajstić information content (AvgIpc) is 3.47. The van der Waals surface area contributed by atoms with Gasteiger partial charge in [-0.2, -0.15) is 0 Å². The molecule has 0 radical (unpaired) electrons. The summed E-state index contributed by atoms with van der Waals surface area (Å²) in [4.78, 5) is 28.0. The Kier molecular flexibility index (Phi) is 6.47. The predicted molar refractivity (Wildman–Crippen MR) is 122 cm³/mol. The predicted octanol–water partition coefficient (Wildman–Crippen LogP) is 5.40. The summed E-state index contributed by atoms with van der Waals surface area (Å²) in [5.41, 5.74) is 3.52. The summed E-state index contributed by atoms with van der Waals surface area (Å²) < 4.78 is 10.7. The number of carbonyl (C=O) groups is 2. The van der Waals surface area contributed by atoms with Gasteiger partial charge >= 0.3 is 5.97 Å². The summed E-state index contributed by atoms with van der Waals surface area (Å²) in [6.45, 7) is 4.31. The number of furan rings is 1. The van der Waals surface area contributed by atoms with Crippen LogP contribution >= 0.6 is 11.8 Å². The van der Waals surface area contributed by atoms with Crippen LogP contribution in [0.1, 0.15) is 35.1 Å². The topological polar surface area (TPSA) is 59.8 Å². The van der Waals surface area contributed by atoms with Crippen molar-refractivity contribution in [2.45, 2.75) is 25.3 Å². The van der Waals surface area contributed by atoms with Crippen LogP contribution in [0, 0.1) is 5.92 Å². The third-order valence-corrected chi connectivity index (χ3v) is 6.46. The molecular formula is C25H25NO4S. The van der Waals surface area contributed by atoms with Crippen molar-refractivity contribution in [3.63, 3.8) is 0 Å². The lowest BCUT2D eigenvalue weighted by atomic mass is 10.0. The van der Waals surface area contributed by atoms with Crippen LogP contribution in [-0.2, 0) is 9.53 Å². The fraction of sp³-hybridized carbons (Fsp3) is 0.280. The fourth-order valence-corrected chi connectivity index (χ4v) is 4.93. The number of rotatable bonds is 6. The number of carbonyl (C=O) groups excluding carboxylic acids is 2. The zero-order chi connectivity index (χ0) is 21.8. The number of hydrogen-bond donors (Lipinski definition) is 0. The summed E-state index contributed by atoms with van der Waals surface area (Å²) in [6.07, 6.45) is 3.20. The van der Waals surface area contributed by atoms with E-state index < -0.39 is 6.04 Å². The molecule has 1 saturated heterocycles. The second-order valence-corrected chi connectivity index (χ2v) is 9.05. The Morgan fingerprint density at radius 2 is 1.77 bits per heavy atom. The minimum absolute atomic E-state index is 0.192. The molecule has 4 rings (SSSR count). The zero-order valence-electron chi connectivity index (χ0n) is 17.6. The molecule has 3 aromatic rings. The molecule has 1 amide bonds. The largest absolute Gasteiger partial charge is 0.472 e. The van der Waals surface area contributed by atoms with Crippen LogP contribution in [0.25, 0.3) is 11.1 Å². The number of amides is 1. The van der Waals surface area contributed by atoms with Crippen molar-refractivity contribution < 1.29 is 18.7 Å². The van der Waals surface area contributed by atoms with E-state index in [1.165, 1.54) is 0 Å². The van der Waals surface area contributed by atoms with Crippen molar-refractivity contribution in [3.8, 4) is 11.1 Å². The van der Waals surface area contributed by atoms with Gasteiger partial charge in [-0.3, -0.25) is 4.79 Å². The normalized spacial score (nSPS) is 18.4. The van der Waals surface area contributed by atoms with E-state index in [1.54, 1.807) is 29.2 Å². The number of thioether (sulfide) groups is 1. The molecule has 0 bridgehead atoms. The summed E-state index contributed by atoms with van der Waals surface area (Å²) in [5.74, 6) is 0.168. The molecule has 6 heteroatoms. The van der Waals surface area contributed by atoms with Crippen LogP contribution in [0.2, 0.25) is 0 Å². The first-order valence-electron chi connectivity index (χ1n) is 10.3. The van der Waals surface area contributed by atoms with Crippen LogP contribution in [0.4, 0.5) is 0 Å². The summed E-state index contributed by atoms with van der Waals surface area (Å²) in [5, 5.41) is -0.295. The molecule has 0 spiro atoms. The molecule has 1 aliphatic rings. The van der Waals surface area contributed by atoms with Gasteiger partial charge in [0.25, 0.3) is 5.91 Å². The minimum atomic E-state index is -0.634. The standard InChI is InChI=1S/C25H25NO4S/c1-17(2)14-30-25(28)22-16-31-24(21-12-13-29-15-21)26(22)23(27)20-10-8-19(9-11-20)18-6-4-3-5-7-18/h3-13,15,17,22,24H,14,16H2,1-2H3. The molecule has 1 fully saturated rings. The molecule has 5 nitrogen and oxygen atoms in total. The van der Waals surface area contributed by atoms with Gasteiger partial charge < -0.3 is 14.1 Å². The maximum Gasteiger partial charge on any atom is 0.329 e. The van der Waals surface area contributed by atoms with Crippen LogP contribution in [0.15, 0.2) is 77.6 Å². The Labute approximate surface area is 186 Å². The highest BCUT2D eigenvalue weighted by Crippen LogP contribution is 2.42. The second kappa shape index (κ2) is 9.43. The summed E-state index contributed by atoms with van der Waals surface area (Å²) >= 11 is 1.55. The second-order valence-electron chi connectivity index (χ2n) is 7.94. The van der Waals surface area contributed by atoms with Gasteiger partial charge in [0.15, 0.2) is 0 Å². The van der Waals surface area contributed by atoms with E-state index >= 15 is 0 Å². The highest BCUT2D eigenvalue weighted by atomic mass is 32.2. The van der Waals surface area contributed by atoms with Crippen molar-refractivity contribution in [1.82, 2.24) is 4.90 Å². The molecule has 160 valence electrons. The van der Waals surface area contributed by atoms with Gasteiger partial charge in [0.2, 0.25) is 0 Å². The Morgan fingerprint density at radius 3 is 2.42 bits per heavy atom. The van der Waals surface area contributed by atoms with E-state index in [0.29, 0.717) is 17.9 Å². The molecule has 2 heterocycles. The van der Waals surface area contributed by atoms with Gasteiger partial charge in [-0.05, 0) is 35.2 Å². The number of hydrogen-bond acceptors (Lipinski definition) is 5. The van der Waals surface area contributed by atoms with Gasteiger partial charge in [0.1, 0.15) is 11.4 Å². The van der Waals surface area contributed by atoms with Gasteiger partial charge in [0.05, 0.1) is 19.1 Å². The quantitative estimate of drug-likeness (QED) is 0.485. The van der Waals surface area contributed by atoms with E-state index in [-0.39, 0.29) is 23.2 Å². The first-order valence-corrected chi connectivity index (χ1v) is 11.4. The first kappa shape index (κ1) is 21.2. The number of nitrogens with zero attached hydrogens (tertiary/aromatic N) is 1. The Bertz CT molecular complexity index is 1020. The summed E-state index contributed by atoms with van der Waals surface area (Å²) in [6, 6.07) is 18.7. The Hall–Kier alpha value is -2.99. The van der Waals surface area contributed by atoms with E-state index in [0.717, 1.165) is 16.7 Å². The van der Waals surface area contributed by atoms with Crippen molar-refractivity contribution in [2.75, 3.05) is 12.4 Å². The van der Waals surface area contributed by atoms with E-state index in [1.807, 2.05) is 74.5 Å². The molecule has 2 atom stereocenters. The Morgan fingerprint density at radius 1 is 1.06 bits per heavy atom. The lowest BCUT2D eigenvalue weighted by Crippen LogP contribution is -2.44. The number of ether oxygens (including phenoxy) is 1. The van der Waals surface area contributed by atoms with Gasteiger partial charge in [-0.25, -0.2) is 4.79 Å². The van der Waals surface area contributed by atoms with E-state index in [4.69, 9.17) is 9.15 Å². The summed E-state index contributed by atoms with van der Waals surface area (Å²) in [7, 11) is 0. The van der Waals surface area contributed by atoms with Crippen LogP contribution in [0.3, 0.4) is 0 Å². The Balaban J connectivity index is 1.60. The van der Waals surface area contributed by atoms with Crippen LogP contribution in [-0.4, -0.2) is 35.2 Å². The number of benzene rings is 2. The zero-order valence-corrected chi connectivity index (χ0v) is 18.4. The molecule has 2 aromatic carbocycles. The molecule has 0 aliphatic carbocycles. The average molecular weight is 436 g/mol. The lowest BCUT2D eigenvalue weighted by Gasteiger charge is -2.28. The van der Waals surface area contributed by atoms with Crippen molar-refractivity contribution >= 4 is 23.6 Å². The van der Waals surface area contributed by atoms with Crippen molar-refractivity contribution in [2.24, 2.45) is 5.92 Å². The van der Waals surface area contributed by atoms with Crippen molar-refractivity contribution in [1.29, 1.82) is 0 Å². The SMILES string of the molecule is CC(C)COC(=O)C1CSC(c2ccoc2)N1C(=O)c1ccc(-c2ccccc2)cc1. The monoisotopic (exact) mass is 435 g/mol. The molecule has 2 unspecified atom stereocenters. The van der Waals surface area contributed by atoms with Crippen molar-refractivity contribution in [3.05, 3.63) is 84.3 Å². The highest BCUT2D eigenvalue weighted by molar-refractivity contribution is 7.99. The fourth-order valence-electron chi connectivity index (χ4n) is 3.54. The maximum absolute atomic E-state index is 13.5. The lowest BCUT2D eigenvalue weighted by molar-refractivity contribution is -0.149. The van der Waals surface area contributed by atoms with E-state index in [2.05, 4.69) is 0 Å². The van der Waals surface area contributed by atoms with Gasteiger partial charge in [-0.15, -0.1) is 11.8 Å². The first-order chi connectivity index (χ1) is 15.0. The van der Waals surface area contributed by atoms with Gasteiger partial charge in [0, 0.05) is 16.9 Å². The highest BCUT2D eigenvalue weighted by Gasteiger charge is 2.43. The third-order valence-electron chi connectivity index (χ3n) is 5.13. The maximum atomic E-state index is 13.5. The third kappa shape index (κ3) is 4.69. The molecule has 31 heavy (non-hydrogen) atoms. The van der Waals surface area contributed by atoms with Gasteiger partial charge in [-0.1, -0.05) is 56.3 Å². The van der Waals surface area contributed by atoms with E-state index in [9.17, 15) is 9.59 Å².